The Morgan fingerprint density at radius 3 is 1.61 bits per heavy atom. The average molecular weight is 608 g/mol. The molecule has 0 aliphatic carbocycles. The minimum absolute atomic E-state index is 0.0996. The smallest absolute Gasteiger partial charge is 0.336 e. The molecule has 0 atom stereocenters. The summed E-state index contributed by atoms with van der Waals surface area (Å²) in [6, 6.07) is 21.8. The fraction of sp³-hybridized carbons (Fsp3) is 0.0588. The summed E-state index contributed by atoms with van der Waals surface area (Å²) >= 11 is 0. The summed E-state index contributed by atoms with van der Waals surface area (Å²) in [5.74, 6) is -1.63. The van der Waals surface area contributed by atoms with Crippen molar-refractivity contribution in [3.63, 3.8) is 0 Å². The van der Waals surface area contributed by atoms with E-state index < -0.39 is 11.9 Å². The molecule has 0 saturated carbocycles. The molecule has 0 radical (unpaired) electrons. The molecule has 0 aliphatic heterocycles. The van der Waals surface area contributed by atoms with Crippen LogP contribution in [-0.2, 0) is 9.59 Å². The molecule has 0 aromatic carbocycles. The zero-order chi connectivity index (χ0) is 32.8. The van der Waals surface area contributed by atoms with Crippen molar-refractivity contribution >= 4 is 46.5 Å². The Morgan fingerprint density at radius 1 is 0.739 bits per heavy atom. The lowest BCUT2D eigenvalue weighted by Crippen LogP contribution is -2.13. The van der Waals surface area contributed by atoms with Crippen LogP contribution in [0, 0.1) is 36.5 Å². The van der Waals surface area contributed by atoms with Crippen molar-refractivity contribution in [2.75, 3.05) is 0 Å². The first-order chi connectivity index (χ1) is 22.2. The Labute approximate surface area is 262 Å². The van der Waals surface area contributed by atoms with Crippen molar-refractivity contribution in [3.8, 4) is 12.1 Å². The van der Waals surface area contributed by atoms with Gasteiger partial charge in [0, 0.05) is 40.5 Å². The van der Waals surface area contributed by atoms with E-state index in [0.717, 1.165) is 11.4 Å². The van der Waals surface area contributed by atoms with E-state index in [1.54, 1.807) is 63.7 Å². The van der Waals surface area contributed by atoms with Crippen molar-refractivity contribution in [2.45, 2.75) is 13.8 Å². The number of amides is 1. The summed E-state index contributed by atoms with van der Waals surface area (Å²) in [6.45, 7) is 3.71. The number of carbonyl (C=O) groups is 2. The number of carbonyl (C=O) groups excluding carboxylic acids is 1. The number of carboxylic acid groups (broad SMARTS) is 1. The first-order valence-electron chi connectivity index (χ1n) is 13.8. The molecule has 3 N–H and O–H groups in total. The van der Waals surface area contributed by atoms with Crippen LogP contribution in [0.25, 0.3) is 34.6 Å². The third-order valence-electron chi connectivity index (χ3n) is 6.76. The van der Waals surface area contributed by atoms with Gasteiger partial charge in [-0.2, -0.15) is 10.5 Å². The van der Waals surface area contributed by atoms with E-state index in [2.05, 4.69) is 26.0 Å². The molecule has 0 fully saturated rings. The Balaban J connectivity index is 0.000000181. The average Bonchev–Trinajstić information content (AvgIpc) is 3.65. The van der Waals surface area contributed by atoms with Gasteiger partial charge in [0.2, 0.25) is 5.91 Å². The highest BCUT2D eigenvalue weighted by Crippen LogP contribution is 2.21. The third-order valence-corrected chi connectivity index (χ3v) is 6.76. The summed E-state index contributed by atoms with van der Waals surface area (Å²) in [4.78, 5) is 40.3. The highest BCUT2D eigenvalue weighted by atomic mass is 16.4. The molecule has 0 bridgehead atoms. The molecule has 0 aliphatic rings. The number of aromatic nitrogens is 6. The molecule has 6 rings (SSSR count). The summed E-state index contributed by atoms with van der Waals surface area (Å²) in [5, 5.41) is 27.7. The van der Waals surface area contributed by atoms with E-state index in [1.807, 2.05) is 44.2 Å². The summed E-state index contributed by atoms with van der Waals surface area (Å²) in [7, 11) is 0. The van der Waals surface area contributed by atoms with Gasteiger partial charge in [-0.05, 0) is 74.5 Å². The maximum Gasteiger partial charge on any atom is 0.336 e. The van der Waals surface area contributed by atoms with Crippen molar-refractivity contribution in [1.82, 2.24) is 28.7 Å². The molecule has 0 spiro atoms. The molecule has 12 nitrogen and oxygen atoms in total. The number of fused-ring (bicyclic) bond motifs is 2. The van der Waals surface area contributed by atoms with Crippen LogP contribution in [0.5, 0.6) is 0 Å². The highest BCUT2D eigenvalue weighted by Gasteiger charge is 2.14. The second-order valence-electron chi connectivity index (χ2n) is 10.00. The number of aryl methyl sites for hydroxylation is 2. The number of rotatable bonds is 6. The number of nitrogens with two attached hydrogens (primary N) is 1. The molecule has 6 heterocycles. The van der Waals surface area contributed by atoms with Crippen LogP contribution in [0.15, 0.2) is 85.5 Å². The van der Waals surface area contributed by atoms with E-state index in [1.165, 1.54) is 18.5 Å². The van der Waals surface area contributed by atoms with E-state index in [4.69, 9.17) is 16.3 Å². The van der Waals surface area contributed by atoms with Crippen LogP contribution >= 0.6 is 0 Å². The molecule has 6 aromatic heterocycles. The fourth-order valence-electron chi connectivity index (χ4n) is 4.60. The number of pyridine rings is 4. The van der Waals surface area contributed by atoms with Gasteiger partial charge in [0.15, 0.2) is 0 Å². The van der Waals surface area contributed by atoms with Gasteiger partial charge in [0.25, 0.3) is 0 Å². The van der Waals surface area contributed by atoms with Crippen LogP contribution in [0.4, 0.5) is 0 Å². The summed E-state index contributed by atoms with van der Waals surface area (Å²) in [6.07, 6.45) is 9.35. The number of nitriles is 2. The Bertz CT molecular complexity index is 2120. The first-order valence-corrected chi connectivity index (χ1v) is 13.8. The van der Waals surface area contributed by atoms with E-state index in [0.29, 0.717) is 50.8 Å². The van der Waals surface area contributed by atoms with Gasteiger partial charge in [0.05, 0.1) is 29.4 Å². The Hall–Kier alpha value is -6.92. The van der Waals surface area contributed by atoms with Crippen LogP contribution in [-0.4, -0.2) is 45.7 Å². The Kier molecular flexibility index (Phi) is 8.73. The Morgan fingerprint density at radius 2 is 1.20 bits per heavy atom. The third kappa shape index (κ3) is 6.67. The molecular formula is C34H25N9O3. The maximum atomic E-state index is 11.9. The van der Waals surface area contributed by atoms with Crippen molar-refractivity contribution in [2.24, 2.45) is 5.73 Å². The lowest BCUT2D eigenvalue weighted by atomic mass is 10.1. The minimum atomic E-state index is -1.06. The number of carboxylic acids is 1. The first kappa shape index (κ1) is 30.5. The highest BCUT2D eigenvalue weighted by molar-refractivity contribution is 6.23. The lowest BCUT2D eigenvalue weighted by molar-refractivity contribution is -0.130. The van der Waals surface area contributed by atoms with Crippen LogP contribution < -0.4 is 5.73 Å². The van der Waals surface area contributed by atoms with E-state index >= 15 is 0 Å². The second-order valence-corrected chi connectivity index (χ2v) is 10.00. The zero-order valence-corrected chi connectivity index (χ0v) is 24.7. The standard InChI is InChI=1S/C17H13N5O.C17H12N4O2/c1-11-3-2-4-13(21-11)7-15(17(19)23)12-5-6-16-20-9-14(8-18)22(16)10-12;1-11-3-2-4-13(20-11)7-15(17(22)23)12-5-6-16-19-9-14(8-18)21(16)10-12/h2-7,9-10H,1H3,(H2,19,23);2-7,9-10H,1H3,(H,22,23)/b2*15-7+. The molecule has 12 heteroatoms. The number of imidazole rings is 2. The number of aliphatic carboxylic acids is 1. The minimum Gasteiger partial charge on any atom is -0.478 e. The predicted molar refractivity (Wildman–Crippen MR) is 170 cm³/mol. The van der Waals surface area contributed by atoms with Gasteiger partial charge in [0.1, 0.15) is 34.8 Å². The number of primary amides is 1. The van der Waals surface area contributed by atoms with Crippen LogP contribution in [0.3, 0.4) is 0 Å². The predicted octanol–water partition coefficient (Wildman–Crippen LogP) is 4.47. The van der Waals surface area contributed by atoms with Gasteiger partial charge < -0.3 is 10.8 Å². The van der Waals surface area contributed by atoms with Gasteiger partial charge in [-0.25, -0.2) is 14.8 Å². The molecule has 1 amide bonds. The van der Waals surface area contributed by atoms with Crippen molar-refractivity contribution in [1.29, 1.82) is 10.5 Å². The molecule has 0 saturated heterocycles. The maximum absolute atomic E-state index is 11.9. The monoisotopic (exact) mass is 607 g/mol. The van der Waals surface area contributed by atoms with Gasteiger partial charge in [-0.15, -0.1) is 0 Å². The summed E-state index contributed by atoms with van der Waals surface area (Å²) < 4.78 is 3.19. The van der Waals surface area contributed by atoms with E-state index in [-0.39, 0.29) is 5.57 Å². The molecular weight excluding hydrogens is 582 g/mol. The van der Waals surface area contributed by atoms with Gasteiger partial charge in [-0.1, -0.05) is 12.1 Å². The topological polar surface area (TPSA) is 188 Å². The van der Waals surface area contributed by atoms with Crippen molar-refractivity contribution in [3.05, 3.63) is 131 Å². The van der Waals surface area contributed by atoms with Gasteiger partial charge >= 0.3 is 5.97 Å². The quantitative estimate of drug-likeness (QED) is 0.257. The number of nitrogens with zero attached hydrogens (tertiary/aromatic N) is 8. The van der Waals surface area contributed by atoms with Crippen molar-refractivity contribution < 1.29 is 14.7 Å². The van der Waals surface area contributed by atoms with E-state index in [9.17, 15) is 14.7 Å². The number of hydrogen-bond acceptors (Lipinski definition) is 8. The summed E-state index contributed by atoms with van der Waals surface area (Å²) in [5.41, 5.74) is 11.8. The second kappa shape index (κ2) is 13.2. The SMILES string of the molecule is Cc1cccc(/C=C(/C(=O)O)c2ccc3ncc(C#N)n3c2)n1.Cc1cccc(/C=C(/C(N)=O)c2ccc3ncc(C#N)n3c2)n1. The normalized spacial score (nSPS) is 11.4. The zero-order valence-electron chi connectivity index (χ0n) is 24.7. The largest absolute Gasteiger partial charge is 0.478 e. The lowest BCUT2D eigenvalue weighted by Gasteiger charge is -2.06. The molecule has 0 unspecified atom stereocenters. The van der Waals surface area contributed by atoms with Crippen LogP contribution in [0.1, 0.15) is 45.3 Å². The molecule has 46 heavy (non-hydrogen) atoms. The number of hydrogen-bond donors (Lipinski definition) is 2. The molecule has 224 valence electrons. The fourth-order valence-corrected chi connectivity index (χ4v) is 4.60. The van der Waals surface area contributed by atoms with Crippen LogP contribution in [0.2, 0.25) is 0 Å². The molecule has 6 aromatic rings. The van der Waals surface area contributed by atoms with Gasteiger partial charge in [-0.3, -0.25) is 23.6 Å².